The molecular formula is C12H22F2. The highest BCUT2D eigenvalue weighted by Gasteiger charge is 2.48. The van der Waals surface area contributed by atoms with Crippen molar-refractivity contribution in [3.05, 3.63) is 0 Å². The lowest BCUT2D eigenvalue weighted by atomic mass is 9.67. The third-order valence-electron chi connectivity index (χ3n) is 3.57. The lowest BCUT2D eigenvalue weighted by Crippen LogP contribution is -2.43. The van der Waals surface area contributed by atoms with E-state index in [1.165, 1.54) is 0 Å². The molecule has 0 bridgehead atoms. The summed E-state index contributed by atoms with van der Waals surface area (Å²) in [7, 11) is 0. The summed E-state index contributed by atoms with van der Waals surface area (Å²) in [6.07, 6.45) is 1.77. The average molecular weight is 204 g/mol. The first-order chi connectivity index (χ1) is 6.36. The maximum atomic E-state index is 13.7. The van der Waals surface area contributed by atoms with Crippen molar-refractivity contribution >= 4 is 0 Å². The van der Waals surface area contributed by atoms with E-state index in [1.54, 1.807) is 0 Å². The summed E-state index contributed by atoms with van der Waals surface area (Å²) in [5.74, 6) is -2.15. The topological polar surface area (TPSA) is 0 Å². The van der Waals surface area contributed by atoms with E-state index >= 15 is 0 Å². The third kappa shape index (κ3) is 2.26. The zero-order chi connectivity index (χ0) is 10.9. The first kappa shape index (κ1) is 11.9. The van der Waals surface area contributed by atoms with Crippen molar-refractivity contribution in [2.45, 2.75) is 52.9 Å². The Labute approximate surface area is 86.1 Å². The van der Waals surface area contributed by atoms with Crippen LogP contribution < -0.4 is 0 Å². The SMILES string of the molecule is CC(C)C1CCCC(F)(F)[C@@H]1C(C)C. The van der Waals surface area contributed by atoms with Crippen molar-refractivity contribution in [3.63, 3.8) is 0 Å². The van der Waals surface area contributed by atoms with Gasteiger partial charge in [0, 0.05) is 12.3 Å². The van der Waals surface area contributed by atoms with Gasteiger partial charge in [-0.15, -0.1) is 0 Å². The van der Waals surface area contributed by atoms with Crippen LogP contribution in [-0.4, -0.2) is 5.92 Å². The fourth-order valence-corrected chi connectivity index (χ4v) is 2.96. The summed E-state index contributed by atoms with van der Waals surface area (Å²) in [5, 5.41) is 0. The molecule has 1 unspecified atom stereocenters. The fraction of sp³-hybridized carbons (Fsp3) is 1.00. The molecule has 0 heterocycles. The van der Waals surface area contributed by atoms with Crippen LogP contribution in [0.1, 0.15) is 47.0 Å². The quantitative estimate of drug-likeness (QED) is 0.627. The van der Waals surface area contributed by atoms with Gasteiger partial charge in [-0.05, 0) is 30.6 Å². The summed E-state index contributed by atoms with van der Waals surface area (Å²) in [6, 6.07) is 0. The van der Waals surface area contributed by atoms with E-state index in [0.717, 1.165) is 6.42 Å². The minimum atomic E-state index is -2.43. The number of hydrogen-bond acceptors (Lipinski definition) is 0. The van der Waals surface area contributed by atoms with Crippen LogP contribution >= 0.6 is 0 Å². The maximum Gasteiger partial charge on any atom is 0.251 e. The van der Waals surface area contributed by atoms with E-state index in [2.05, 4.69) is 13.8 Å². The van der Waals surface area contributed by atoms with Crippen molar-refractivity contribution in [2.75, 3.05) is 0 Å². The van der Waals surface area contributed by atoms with Gasteiger partial charge in [-0.2, -0.15) is 0 Å². The molecule has 84 valence electrons. The van der Waals surface area contributed by atoms with Crippen LogP contribution in [0.3, 0.4) is 0 Å². The molecule has 0 saturated heterocycles. The fourth-order valence-electron chi connectivity index (χ4n) is 2.96. The third-order valence-corrected chi connectivity index (χ3v) is 3.57. The smallest absolute Gasteiger partial charge is 0.207 e. The Morgan fingerprint density at radius 3 is 2.00 bits per heavy atom. The van der Waals surface area contributed by atoms with Crippen LogP contribution in [-0.2, 0) is 0 Å². The minimum Gasteiger partial charge on any atom is -0.207 e. The highest BCUT2D eigenvalue weighted by atomic mass is 19.3. The van der Waals surface area contributed by atoms with Gasteiger partial charge < -0.3 is 0 Å². The van der Waals surface area contributed by atoms with Crippen LogP contribution in [0.4, 0.5) is 8.78 Å². The zero-order valence-electron chi connectivity index (χ0n) is 9.69. The molecule has 14 heavy (non-hydrogen) atoms. The second-order valence-corrected chi connectivity index (χ2v) is 5.33. The molecule has 0 spiro atoms. The van der Waals surface area contributed by atoms with Gasteiger partial charge in [0.1, 0.15) is 0 Å². The van der Waals surface area contributed by atoms with Crippen molar-refractivity contribution in [1.82, 2.24) is 0 Å². The van der Waals surface area contributed by atoms with Crippen molar-refractivity contribution in [3.8, 4) is 0 Å². The van der Waals surface area contributed by atoms with E-state index in [-0.39, 0.29) is 18.3 Å². The molecule has 0 aromatic carbocycles. The lowest BCUT2D eigenvalue weighted by Gasteiger charge is -2.42. The Balaban J connectivity index is 2.84. The number of rotatable bonds is 2. The minimum absolute atomic E-state index is 0.0951. The monoisotopic (exact) mass is 204 g/mol. The lowest BCUT2D eigenvalue weighted by molar-refractivity contribution is -0.134. The molecule has 0 radical (unpaired) electrons. The van der Waals surface area contributed by atoms with Crippen LogP contribution in [0.25, 0.3) is 0 Å². The van der Waals surface area contributed by atoms with Gasteiger partial charge in [0.15, 0.2) is 0 Å². The second-order valence-electron chi connectivity index (χ2n) is 5.33. The normalized spacial score (nSPS) is 32.6. The molecule has 1 fully saturated rings. The van der Waals surface area contributed by atoms with Gasteiger partial charge in [0.05, 0.1) is 0 Å². The van der Waals surface area contributed by atoms with Gasteiger partial charge in [-0.25, -0.2) is 8.78 Å². The molecule has 0 aliphatic heterocycles. The van der Waals surface area contributed by atoms with Crippen LogP contribution in [0.5, 0.6) is 0 Å². The van der Waals surface area contributed by atoms with Gasteiger partial charge in [0.2, 0.25) is 0 Å². The Morgan fingerprint density at radius 2 is 1.64 bits per heavy atom. The molecule has 0 N–H and O–H groups in total. The van der Waals surface area contributed by atoms with Crippen molar-refractivity contribution < 1.29 is 8.78 Å². The van der Waals surface area contributed by atoms with E-state index in [0.29, 0.717) is 12.3 Å². The standard InChI is InChI=1S/C12H22F2/c1-8(2)10-6-5-7-12(13,14)11(10)9(3)4/h8-11H,5-7H2,1-4H3/t10?,11-/m1/s1. The molecule has 1 aliphatic rings. The molecule has 0 aromatic rings. The summed E-state index contributed by atoms with van der Waals surface area (Å²) in [6.45, 7) is 8.00. The van der Waals surface area contributed by atoms with E-state index in [9.17, 15) is 8.78 Å². The van der Waals surface area contributed by atoms with Crippen molar-refractivity contribution in [1.29, 1.82) is 0 Å². The molecule has 2 atom stereocenters. The van der Waals surface area contributed by atoms with Crippen LogP contribution in [0.15, 0.2) is 0 Å². The molecular weight excluding hydrogens is 182 g/mol. The predicted molar refractivity (Wildman–Crippen MR) is 55.5 cm³/mol. The molecule has 1 rings (SSSR count). The zero-order valence-corrected chi connectivity index (χ0v) is 9.69. The number of hydrogen-bond donors (Lipinski definition) is 0. The van der Waals surface area contributed by atoms with Crippen LogP contribution in [0, 0.1) is 23.7 Å². The first-order valence-electron chi connectivity index (χ1n) is 5.74. The van der Waals surface area contributed by atoms with E-state index in [4.69, 9.17) is 0 Å². The highest BCUT2D eigenvalue weighted by Crippen LogP contribution is 2.48. The summed E-state index contributed by atoms with van der Waals surface area (Å²) in [4.78, 5) is 0. The molecule has 1 saturated carbocycles. The summed E-state index contributed by atoms with van der Waals surface area (Å²) in [5.41, 5.74) is 0. The summed E-state index contributed by atoms with van der Waals surface area (Å²) < 4.78 is 27.5. The molecule has 0 nitrogen and oxygen atoms in total. The molecule has 1 aliphatic carbocycles. The number of halogens is 2. The molecule has 0 amide bonds. The Kier molecular flexibility index (Phi) is 3.54. The largest absolute Gasteiger partial charge is 0.251 e. The maximum absolute atomic E-state index is 13.7. The van der Waals surface area contributed by atoms with Gasteiger partial charge in [-0.1, -0.05) is 27.7 Å². The Hall–Kier alpha value is -0.140. The molecule has 2 heteroatoms. The van der Waals surface area contributed by atoms with Gasteiger partial charge in [0.25, 0.3) is 5.92 Å². The Bertz CT molecular complexity index is 185. The second kappa shape index (κ2) is 4.16. The predicted octanol–water partition coefficient (Wildman–Crippen LogP) is 4.35. The van der Waals surface area contributed by atoms with E-state index in [1.807, 2.05) is 13.8 Å². The number of alkyl halides is 2. The highest BCUT2D eigenvalue weighted by molar-refractivity contribution is 4.90. The van der Waals surface area contributed by atoms with Gasteiger partial charge >= 0.3 is 0 Å². The first-order valence-corrected chi connectivity index (χ1v) is 5.74. The van der Waals surface area contributed by atoms with Gasteiger partial charge in [-0.3, -0.25) is 0 Å². The van der Waals surface area contributed by atoms with Crippen molar-refractivity contribution in [2.24, 2.45) is 23.7 Å². The van der Waals surface area contributed by atoms with E-state index < -0.39 is 11.8 Å². The molecule has 0 aromatic heterocycles. The average Bonchev–Trinajstić information content (AvgIpc) is 2.00. The Morgan fingerprint density at radius 1 is 1.07 bits per heavy atom. The van der Waals surface area contributed by atoms with Crippen LogP contribution in [0.2, 0.25) is 0 Å². The summed E-state index contributed by atoms with van der Waals surface area (Å²) >= 11 is 0.